The fourth-order valence-electron chi connectivity index (χ4n) is 3.30. The lowest BCUT2D eigenvalue weighted by atomic mass is 10.1. The first-order valence-electron chi connectivity index (χ1n) is 8.98. The molecular weight excluding hydrogens is 344 g/mol. The Morgan fingerprint density at radius 2 is 1.85 bits per heavy atom. The molecule has 9 nitrogen and oxygen atoms in total. The van der Waals surface area contributed by atoms with E-state index in [0.717, 1.165) is 37.3 Å². The number of aromatic nitrogens is 6. The molecule has 9 heteroatoms. The summed E-state index contributed by atoms with van der Waals surface area (Å²) in [6.07, 6.45) is 3.79. The van der Waals surface area contributed by atoms with Gasteiger partial charge in [-0.2, -0.15) is 9.90 Å². The molecule has 0 bridgehead atoms. The van der Waals surface area contributed by atoms with E-state index in [2.05, 4.69) is 37.8 Å². The largest absolute Gasteiger partial charge is 0.307 e. The van der Waals surface area contributed by atoms with Crippen LogP contribution in [0, 0.1) is 0 Å². The van der Waals surface area contributed by atoms with Gasteiger partial charge in [-0.25, -0.2) is 4.68 Å². The summed E-state index contributed by atoms with van der Waals surface area (Å²) in [7, 11) is 3.84. The highest BCUT2D eigenvalue weighted by Gasteiger charge is 2.21. The third kappa shape index (κ3) is 3.72. The molecule has 0 atom stereocenters. The van der Waals surface area contributed by atoms with Crippen LogP contribution in [0.2, 0.25) is 0 Å². The van der Waals surface area contributed by atoms with Crippen LogP contribution in [0.15, 0.2) is 36.5 Å². The van der Waals surface area contributed by atoms with Gasteiger partial charge in [-0.1, -0.05) is 12.1 Å². The smallest absolute Gasteiger partial charge is 0.256 e. The minimum atomic E-state index is -0.164. The first-order valence-corrected chi connectivity index (χ1v) is 8.98. The topological polar surface area (TPSA) is 93.8 Å². The minimum absolute atomic E-state index is 0.164. The number of hydrogen-bond acceptors (Lipinski definition) is 6. The Hall–Kier alpha value is -3.07. The number of hydrogen-bond donors (Lipinski definition) is 1. The zero-order chi connectivity index (χ0) is 18.8. The molecule has 1 aliphatic heterocycles. The van der Waals surface area contributed by atoms with Gasteiger partial charge in [0.2, 0.25) is 5.82 Å². The van der Waals surface area contributed by atoms with Crippen molar-refractivity contribution in [3.8, 4) is 11.4 Å². The second kappa shape index (κ2) is 7.28. The van der Waals surface area contributed by atoms with E-state index in [4.69, 9.17) is 0 Å². The Kier molecular flexibility index (Phi) is 4.68. The summed E-state index contributed by atoms with van der Waals surface area (Å²) < 4.78 is 1.93. The lowest BCUT2D eigenvalue weighted by molar-refractivity contribution is 0.102. The van der Waals surface area contributed by atoms with E-state index < -0.39 is 0 Å². The number of nitrogens with zero attached hydrogens (tertiary/aromatic N) is 7. The molecule has 2 aromatic heterocycles. The van der Waals surface area contributed by atoms with Crippen LogP contribution >= 0.6 is 0 Å². The van der Waals surface area contributed by atoms with Gasteiger partial charge >= 0.3 is 0 Å². The molecule has 0 saturated carbocycles. The zero-order valence-corrected chi connectivity index (χ0v) is 15.4. The minimum Gasteiger partial charge on any atom is -0.307 e. The molecule has 0 spiro atoms. The molecule has 3 aromatic rings. The van der Waals surface area contributed by atoms with Gasteiger partial charge in [0.1, 0.15) is 5.82 Å². The molecule has 4 rings (SSSR count). The van der Waals surface area contributed by atoms with Crippen LogP contribution in [0.25, 0.3) is 11.4 Å². The first-order chi connectivity index (χ1) is 13.1. The van der Waals surface area contributed by atoms with E-state index in [1.165, 1.54) is 4.80 Å². The Balaban J connectivity index is 1.46. The number of likely N-dealkylation sites (tertiary alicyclic amines) is 1. The molecule has 0 unspecified atom stereocenters. The molecule has 1 amide bonds. The van der Waals surface area contributed by atoms with E-state index in [1.54, 1.807) is 25.4 Å². The lowest BCUT2D eigenvalue weighted by Gasteiger charge is -2.30. The molecule has 1 saturated heterocycles. The fraction of sp³-hybridized carbons (Fsp3) is 0.389. The van der Waals surface area contributed by atoms with Gasteiger partial charge < -0.3 is 10.2 Å². The normalized spacial score (nSPS) is 15.8. The Morgan fingerprint density at radius 3 is 2.52 bits per heavy atom. The van der Waals surface area contributed by atoms with Crippen LogP contribution in [0.3, 0.4) is 0 Å². The van der Waals surface area contributed by atoms with Gasteiger partial charge in [0.15, 0.2) is 0 Å². The van der Waals surface area contributed by atoms with Gasteiger partial charge in [-0.05, 0) is 50.3 Å². The van der Waals surface area contributed by atoms with Crippen molar-refractivity contribution in [2.45, 2.75) is 18.9 Å². The number of carbonyl (C=O) groups excluding carboxylic acids is 1. The van der Waals surface area contributed by atoms with Crippen LogP contribution in [0.4, 0.5) is 5.82 Å². The van der Waals surface area contributed by atoms with Crippen molar-refractivity contribution in [1.82, 2.24) is 34.9 Å². The summed E-state index contributed by atoms with van der Waals surface area (Å²) in [4.78, 5) is 16.4. The van der Waals surface area contributed by atoms with Crippen LogP contribution in [0.5, 0.6) is 0 Å². The van der Waals surface area contributed by atoms with Crippen molar-refractivity contribution >= 4 is 11.7 Å². The highest BCUT2D eigenvalue weighted by Crippen LogP contribution is 2.25. The molecule has 140 valence electrons. The number of anilines is 1. The summed E-state index contributed by atoms with van der Waals surface area (Å²) in [5, 5.41) is 19.4. The molecule has 0 aliphatic carbocycles. The summed E-state index contributed by atoms with van der Waals surface area (Å²) in [5.74, 6) is 1.10. The maximum Gasteiger partial charge on any atom is 0.256 e. The number of nitrogens with one attached hydrogen (secondary N) is 1. The molecule has 1 aromatic carbocycles. The van der Waals surface area contributed by atoms with Crippen LogP contribution in [0.1, 0.15) is 29.2 Å². The second-order valence-electron chi connectivity index (χ2n) is 6.83. The monoisotopic (exact) mass is 366 g/mol. The van der Waals surface area contributed by atoms with Crippen molar-refractivity contribution < 1.29 is 4.79 Å². The van der Waals surface area contributed by atoms with Crippen molar-refractivity contribution in [2.24, 2.45) is 7.05 Å². The van der Waals surface area contributed by atoms with Crippen molar-refractivity contribution in [1.29, 1.82) is 0 Å². The highest BCUT2D eigenvalue weighted by atomic mass is 16.1. The van der Waals surface area contributed by atoms with E-state index in [9.17, 15) is 4.79 Å². The fourth-order valence-corrected chi connectivity index (χ4v) is 3.30. The maximum atomic E-state index is 12.6. The second-order valence-corrected chi connectivity index (χ2v) is 6.83. The number of rotatable bonds is 4. The number of amides is 1. The van der Waals surface area contributed by atoms with E-state index in [0.29, 0.717) is 17.4 Å². The standard InChI is InChI=1S/C18H22N8O/c1-24-11-8-15(9-12-24)26-16(7-10-19-26)20-18(27)14-5-3-13(4-6-14)17-21-23-25(2)22-17/h3-7,10,15H,8-9,11-12H2,1-2H3,(H,20,27). The van der Waals surface area contributed by atoms with Gasteiger partial charge in [0.25, 0.3) is 5.91 Å². The Labute approximate surface area is 157 Å². The molecule has 1 fully saturated rings. The van der Waals surface area contributed by atoms with Gasteiger partial charge in [-0.15, -0.1) is 10.2 Å². The molecule has 1 N–H and O–H groups in total. The number of aryl methyl sites for hydroxylation is 1. The number of piperidine rings is 1. The molecule has 27 heavy (non-hydrogen) atoms. The van der Waals surface area contributed by atoms with Crippen LogP contribution in [-0.4, -0.2) is 60.9 Å². The van der Waals surface area contributed by atoms with E-state index >= 15 is 0 Å². The summed E-state index contributed by atoms with van der Waals surface area (Å²) in [6, 6.07) is 9.32. The van der Waals surface area contributed by atoms with Crippen molar-refractivity contribution in [3.05, 3.63) is 42.1 Å². The molecule has 0 radical (unpaired) electrons. The average molecular weight is 366 g/mol. The Bertz CT molecular complexity index is 921. The van der Waals surface area contributed by atoms with Gasteiger partial charge in [-0.3, -0.25) is 4.79 Å². The Morgan fingerprint density at radius 1 is 1.11 bits per heavy atom. The summed E-state index contributed by atoms with van der Waals surface area (Å²) in [6.45, 7) is 2.07. The van der Waals surface area contributed by atoms with E-state index in [1.807, 2.05) is 22.9 Å². The van der Waals surface area contributed by atoms with Gasteiger partial charge in [0, 0.05) is 17.2 Å². The third-order valence-electron chi connectivity index (χ3n) is 4.86. The quantitative estimate of drug-likeness (QED) is 0.754. The van der Waals surface area contributed by atoms with Crippen molar-refractivity contribution in [2.75, 3.05) is 25.5 Å². The predicted molar refractivity (Wildman–Crippen MR) is 100 cm³/mol. The number of tetrazole rings is 1. The summed E-state index contributed by atoms with van der Waals surface area (Å²) >= 11 is 0. The van der Waals surface area contributed by atoms with Gasteiger partial charge in [0.05, 0.1) is 19.3 Å². The SMILES string of the molecule is CN1CCC(n2nccc2NC(=O)c2ccc(-c3nnn(C)n3)cc2)CC1. The molecule has 1 aliphatic rings. The van der Waals surface area contributed by atoms with E-state index in [-0.39, 0.29) is 5.91 Å². The third-order valence-corrected chi connectivity index (χ3v) is 4.86. The molecule has 3 heterocycles. The number of benzene rings is 1. The molecular formula is C18H22N8O. The average Bonchev–Trinajstić information content (AvgIpc) is 3.32. The predicted octanol–water partition coefficient (Wildman–Crippen LogP) is 1.59. The van der Waals surface area contributed by atoms with Crippen LogP contribution < -0.4 is 5.32 Å². The number of carbonyl (C=O) groups is 1. The summed E-state index contributed by atoms with van der Waals surface area (Å²) in [5.41, 5.74) is 1.38. The highest BCUT2D eigenvalue weighted by molar-refractivity contribution is 6.04. The zero-order valence-electron chi connectivity index (χ0n) is 15.4. The first kappa shape index (κ1) is 17.3. The lowest BCUT2D eigenvalue weighted by Crippen LogP contribution is -2.32. The van der Waals surface area contributed by atoms with Crippen LogP contribution in [-0.2, 0) is 7.05 Å². The van der Waals surface area contributed by atoms with Crippen molar-refractivity contribution in [3.63, 3.8) is 0 Å². The maximum absolute atomic E-state index is 12.6.